The Balaban J connectivity index is 1.10. The predicted octanol–water partition coefficient (Wildman–Crippen LogP) is 10.9. The minimum absolute atomic E-state index is 0.111. The molecule has 0 fully saturated rings. The molecular formula is C46H41N4+. The number of nitrogens with zero attached hydrogens (tertiary/aromatic N) is 4. The van der Waals surface area contributed by atoms with E-state index in [2.05, 4.69) is 181 Å². The van der Waals surface area contributed by atoms with Gasteiger partial charge in [0.2, 0.25) is 5.69 Å². The number of rotatable bonds is 9. The van der Waals surface area contributed by atoms with Gasteiger partial charge in [-0.1, -0.05) is 123 Å². The maximum absolute atomic E-state index is 4.61. The third-order valence-corrected chi connectivity index (χ3v) is 10.4. The van der Waals surface area contributed by atoms with Gasteiger partial charge >= 0.3 is 0 Å². The minimum atomic E-state index is -0.111. The molecule has 2 aromatic heterocycles. The van der Waals surface area contributed by atoms with E-state index in [1.54, 1.807) is 0 Å². The van der Waals surface area contributed by atoms with Crippen molar-refractivity contribution in [2.24, 2.45) is 0 Å². The van der Waals surface area contributed by atoms with Crippen LogP contribution in [0.4, 0.5) is 0 Å². The molecule has 5 aromatic carbocycles. The highest BCUT2D eigenvalue weighted by Gasteiger charge is 2.46. The highest BCUT2D eigenvalue weighted by Crippen LogP contribution is 2.40. The van der Waals surface area contributed by atoms with Gasteiger partial charge < -0.3 is 0 Å². The van der Waals surface area contributed by atoms with Crippen LogP contribution in [0.2, 0.25) is 0 Å². The van der Waals surface area contributed by atoms with Gasteiger partial charge in [-0.2, -0.15) is 4.57 Å². The highest BCUT2D eigenvalue weighted by atomic mass is 15.4. The summed E-state index contributed by atoms with van der Waals surface area (Å²) < 4.78 is 4.35. The molecule has 7 aromatic rings. The average Bonchev–Trinajstić information content (AvgIpc) is 3.69. The van der Waals surface area contributed by atoms with E-state index in [1.165, 1.54) is 50.2 Å². The Bertz CT molecular complexity index is 2240. The van der Waals surface area contributed by atoms with Crippen molar-refractivity contribution in [3.63, 3.8) is 0 Å². The third-order valence-electron chi connectivity index (χ3n) is 10.4. The van der Waals surface area contributed by atoms with Crippen molar-refractivity contribution < 1.29 is 4.57 Å². The van der Waals surface area contributed by atoms with Crippen molar-refractivity contribution in [1.29, 1.82) is 0 Å². The Hall–Kier alpha value is -5.87. The van der Waals surface area contributed by atoms with Crippen LogP contribution in [0.1, 0.15) is 38.7 Å². The van der Waals surface area contributed by atoms with Gasteiger partial charge in [-0.15, -0.1) is 5.10 Å². The Morgan fingerprint density at radius 3 is 1.90 bits per heavy atom. The monoisotopic (exact) mass is 649 g/mol. The van der Waals surface area contributed by atoms with E-state index < -0.39 is 0 Å². The van der Waals surface area contributed by atoms with Gasteiger partial charge in [0.25, 0.3) is 0 Å². The fourth-order valence-electron chi connectivity index (χ4n) is 7.66. The topological polar surface area (TPSA) is 34.6 Å². The molecule has 0 spiro atoms. The molecule has 1 aliphatic heterocycles. The number of allylic oxidation sites excluding steroid dienone is 1. The van der Waals surface area contributed by atoms with E-state index >= 15 is 0 Å². The van der Waals surface area contributed by atoms with Crippen molar-refractivity contribution in [2.75, 3.05) is 0 Å². The van der Waals surface area contributed by atoms with Crippen molar-refractivity contribution >= 4 is 0 Å². The molecule has 0 radical (unpaired) electrons. The molecule has 3 heterocycles. The number of hydrogen-bond donors (Lipinski definition) is 0. The number of benzene rings is 5. The lowest BCUT2D eigenvalue weighted by atomic mass is 9.75. The van der Waals surface area contributed by atoms with Gasteiger partial charge in [-0.3, -0.25) is 0 Å². The summed E-state index contributed by atoms with van der Waals surface area (Å²) in [6.07, 6.45) is 8.33. The zero-order valence-electron chi connectivity index (χ0n) is 28.8. The van der Waals surface area contributed by atoms with Crippen LogP contribution < -0.4 is 4.57 Å². The Kier molecular flexibility index (Phi) is 8.30. The van der Waals surface area contributed by atoms with Crippen LogP contribution in [0.25, 0.3) is 61.6 Å². The summed E-state index contributed by atoms with van der Waals surface area (Å²) in [6.45, 7) is 9.12. The van der Waals surface area contributed by atoms with Crippen molar-refractivity contribution in [2.45, 2.75) is 45.1 Å². The third kappa shape index (κ3) is 5.67. The first-order valence-corrected chi connectivity index (χ1v) is 17.7. The van der Waals surface area contributed by atoms with E-state index in [0.717, 1.165) is 48.2 Å². The molecule has 1 atom stereocenters. The first-order chi connectivity index (χ1) is 24.6. The summed E-state index contributed by atoms with van der Waals surface area (Å²) in [4.78, 5) is 0. The van der Waals surface area contributed by atoms with Gasteiger partial charge in [-0.25, -0.2) is 4.68 Å². The number of pyridine rings is 1. The predicted molar refractivity (Wildman–Crippen MR) is 205 cm³/mol. The largest absolute Gasteiger partial charge is 0.220 e. The van der Waals surface area contributed by atoms with Gasteiger partial charge in [0.1, 0.15) is 5.69 Å². The lowest BCUT2D eigenvalue weighted by Gasteiger charge is -2.35. The smallest absolute Gasteiger partial charge is 0.213 e. The first kappa shape index (κ1) is 31.4. The summed E-state index contributed by atoms with van der Waals surface area (Å²) in [5.41, 5.74) is 15.0. The van der Waals surface area contributed by atoms with Crippen molar-refractivity contribution in [3.8, 4) is 61.6 Å². The summed E-state index contributed by atoms with van der Waals surface area (Å²) in [5.74, 6) is 0. The number of aromatic nitrogens is 4. The van der Waals surface area contributed by atoms with E-state index in [-0.39, 0.29) is 5.54 Å². The zero-order valence-corrected chi connectivity index (χ0v) is 28.8. The van der Waals surface area contributed by atoms with E-state index in [1.807, 2.05) is 10.9 Å². The molecule has 0 aliphatic carbocycles. The van der Waals surface area contributed by atoms with Crippen LogP contribution in [0.15, 0.2) is 164 Å². The molecule has 50 heavy (non-hydrogen) atoms. The summed E-state index contributed by atoms with van der Waals surface area (Å²) >= 11 is 0. The standard InChI is InChI=1S/C46H41N4/c1-4-14-33(3)46(5-2)31-38-24-25-42(30-43(38)45-19-12-13-26-49(45)46)50-32-44(47-48-50)37-22-20-36(21-23-37)41-28-39(34-15-8-6-9-16-34)27-40(29-41)35-17-10-7-11-18-35/h6-13,15-30,32H,3-5,14,31H2,1-2H3/q+1. The molecule has 0 saturated heterocycles. The van der Waals surface area contributed by atoms with Crippen LogP contribution in [0.5, 0.6) is 0 Å². The second-order valence-electron chi connectivity index (χ2n) is 13.4. The number of hydrogen-bond acceptors (Lipinski definition) is 2. The normalized spacial score (nSPS) is 14.9. The minimum Gasteiger partial charge on any atom is -0.220 e. The summed E-state index contributed by atoms with van der Waals surface area (Å²) in [6, 6.07) is 49.9. The van der Waals surface area contributed by atoms with Gasteiger partial charge in [-0.05, 0) is 87.3 Å². The molecular weight excluding hydrogens is 609 g/mol. The Labute approximate surface area is 295 Å². The lowest BCUT2D eigenvalue weighted by molar-refractivity contribution is -0.748. The second-order valence-corrected chi connectivity index (χ2v) is 13.4. The molecule has 4 nitrogen and oxygen atoms in total. The quantitative estimate of drug-likeness (QED) is 0.115. The molecule has 0 bridgehead atoms. The van der Waals surface area contributed by atoms with Crippen LogP contribution in [0.3, 0.4) is 0 Å². The van der Waals surface area contributed by atoms with Crippen LogP contribution in [-0.4, -0.2) is 15.0 Å². The Morgan fingerprint density at radius 1 is 0.680 bits per heavy atom. The fraction of sp³-hybridized carbons (Fsp3) is 0.152. The summed E-state index contributed by atoms with van der Waals surface area (Å²) in [5, 5.41) is 9.19. The van der Waals surface area contributed by atoms with Gasteiger partial charge in [0, 0.05) is 30.5 Å². The molecule has 0 amide bonds. The van der Waals surface area contributed by atoms with Crippen molar-refractivity contribution in [3.05, 3.63) is 170 Å². The maximum atomic E-state index is 4.61. The average molecular weight is 650 g/mol. The molecule has 0 saturated carbocycles. The zero-order chi connectivity index (χ0) is 34.1. The summed E-state index contributed by atoms with van der Waals surface area (Å²) in [7, 11) is 0. The van der Waals surface area contributed by atoms with Crippen LogP contribution in [0, 0.1) is 0 Å². The van der Waals surface area contributed by atoms with Gasteiger partial charge in [0.15, 0.2) is 11.7 Å². The molecule has 244 valence electrons. The SMILES string of the molecule is C=C(CCC)C1(CC)Cc2ccc(-n3cc(-c4ccc(-c5cc(-c6ccccc6)cc(-c6ccccc6)c5)cc4)nn3)cc2-c2cccc[n+]21. The first-order valence-electron chi connectivity index (χ1n) is 17.7. The molecule has 0 N–H and O–H groups in total. The van der Waals surface area contributed by atoms with Crippen LogP contribution >= 0.6 is 0 Å². The van der Waals surface area contributed by atoms with Gasteiger partial charge in [0.05, 0.1) is 17.4 Å². The second kappa shape index (κ2) is 13.2. The molecule has 1 unspecified atom stereocenters. The van der Waals surface area contributed by atoms with E-state index in [0.29, 0.717) is 0 Å². The molecule has 1 aliphatic rings. The maximum Gasteiger partial charge on any atom is 0.213 e. The lowest BCUT2D eigenvalue weighted by Crippen LogP contribution is -2.61. The van der Waals surface area contributed by atoms with E-state index in [9.17, 15) is 0 Å². The Morgan fingerprint density at radius 2 is 1.28 bits per heavy atom. The highest BCUT2D eigenvalue weighted by molar-refractivity contribution is 5.82. The molecule has 4 heteroatoms. The number of fused-ring (bicyclic) bond motifs is 3. The fourth-order valence-corrected chi connectivity index (χ4v) is 7.66. The molecule has 8 rings (SSSR count). The van der Waals surface area contributed by atoms with Crippen LogP contribution in [-0.2, 0) is 12.0 Å². The van der Waals surface area contributed by atoms with Crippen molar-refractivity contribution in [1.82, 2.24) is 15.0 Å². The van der Waals surface area contributed by atoms with E-state index in [4.69, 9.17) is 0 Å².